The Morgan fingerprint density at radius 1 is 1.11 bits per heavy atom. The first-order chi connectivity index (χ1) is 18.0. The monoisotopic (exact) mass is 499 g/mol. The van der Waals surface area contributed by atoms with E-state index in [0.717, 1.165) is 35.2 Å². The van der Waals surface area contributed by atoms with Crippen LogP contribution in [0.3, 0.4) is 0 Å². The molecule has 1 unspecified atom stereocenters. The summed E-state index contributed by atoms with van der Waals surface area (Å²) in [7, 11) is 1.83. The van der Waals surface area contributed by atoms with Gasteiger partial charge in [0.05, 0.1) is 18.2 Å². The zero-order chi connectivity index (χ0) is 25.8. The predicted octanol–water partition coefficient (Wildman–Crippen LogP) is 6.15. The zero-order valence-electron chi connectivity index (χ0n) is 21.1. The normalized spacial score (nSPS) is 15.1. The van der Waals surface area contributed by atoms with E-state index in [1.807, 2.05) is 68.6 Å². The van der Waals surface area contributed by atoms with Crippen LogP contribution in [0.4, 0.5) is 4.39 Å². The van der Waals surface area contributed by atoms with Gasteiger partial charge in [0.25, 0.3) is 5.91 Å². The average Bonchev–Trinajstić information content (AvgIpc) is 3.52. The average molecular weight is 500 g/mol. The molecule has 0 N–H and O–H groups in total. The lowest BCUT2D eigenvalue weighted by molar-refractivity contribution is 0.0506. The summed E-state index contributed by atoms with van der Waals surface area (Å²) in [6.07, 6.45) is 1.75. The highest BCUT2D eigenvalue weighted by Crippen LogP contribution is 2.35. The van der Waals surface area contributed by atoms with Crippen LogP contribution < -0.4 is 4.74 Å². The molecule has 1 saturated heterocycles. The molecule has 5 rings (SSSR count). The SMILES string of the molecule is Cc1cccc(Oc2c(CN(CC3CCCO3)C(=O)c3cccc(F)c3)c(-c3ccccc3)nn2C)c1. The molecule has 2 heterocycles. The molecule has 190 valence electrons. The van der Waals surface area contributed by atoms with Crippen LogP contribution in [0.5, 0.6) is 11.6 Å². The van der Waals surface area contributed by atoms with Crippen molar-refractivity contribution in [2.75, 3.05) is 13.2 Å². The lowest BCUT2D eigenvalue weighted by Crippen LogP contribution is -2.37. The third-order valence-corrected chi connectivity index (χ3v) is 6.49. The summed E-state index contributed by atoms with van der Waals surface area (Å²) >= 11 is 0. The van der Waals surface area contributed by atoms with Gasteiger partial charge in [-0.3, -0.25) is 4.79 Å². The van der Waals surface area contributed by atoms with Gasteiger partial charge >= 0.3 is 0 Å². The molecule has 6 nitrogen and oxygen atoms in total. The van der Waals surface area contributed by atoms with E-state index in [9.17, 15) is 9.18 Å². The van der Waals surface area contributed by atoms with Gasteiger partial charge in [-0.1, -0.05) is 48.5 Å². The number of halogens is 1. The summed E-state index contributed by atoms with van der Waals surface area (Å²) < 4.78 is 28.0. The first-order valence-corrected chi connectivity index (χ1v) is 12.5. The maximum Gasteiger partial charge on any atom is 0.254 e. The molecule has 37 heavy (non-hydrogen) atoms. The molecule has 3 aromatic carbocycles. The summed E-state index contributed by atoms with van der Waals surface area (Å²) in [5.41, 5.74) is 3.80. The number of benzene rings is 3. The summed E-state index contributed by atoms with van der Waals surface area (Å²) in [5.74, 6) is 0.525. The number of carbonyl (C=O) groups is 1. The van der Waals surface area contributed by atoms with E-state index in [1.54, 1.807) is 21.7 Å². The van der Waals surface area contributed by atoms with Gasteiger partial charge in [0.2, 0.25) is 5.88 Å². The lowest BCUT2D eigenvalue weighted by Gasteiger charge is -2.26. The first-order valence-electron chi connectivity index (χ1n) is 12.5. The van der Waals surface area contributed by atoms with Gasteiger partial charge < -0.3 is 14.4 Å². The van der Waals surface area contributed by atoms with Gasteiger partial charge in [0, 0.05) is 31.3 Å². The van der Waals surface area contributed by atoms with Gasteiger partial charge in [-0.15, -0.1) is 0 Å². The van der Waals surface area contributed by atoms with E-state index in [4.69, 9.17) is 14.6 Å². The predicted molar refractivity (Wildman–Crippen MR) is 140 cm³/mol. The number of aromatic nitrogens is 2. The van der Waals surface area contributed by atoms with Crippen LogP contribution in [0.15, 0.2) is 78.9 Å². The molecule has 1 amide bonds. The zero-order valence-corrected chi connectivity index (χ0v) is 21.1. The first kappa shape index (κ1) is 24.7. The molecular formula is C30H30FN3O3. The van der Waals surface area contributed by atoms with Crippen molar-refractivity contribution >= 4 is 5.91 Å². The third-order valence-electron chi connectivity index (χ3n) is 6.49. The number of hydrogen-bond acceptors (Lipinski definition) is 4. The van der Waals surface area contributed by atoms with Crippen LogP contribution in [0.2, 0.25) is 0 Å². The Hall–Kier alpha value is -3.97. The topological polar surface area (TPSA) is 56.6 Å². The van der Waals surface area contributed by atoms with Gasteiger partial charge in [-0.2, -0.15) is 5.10 Å². The van der Waals surface area contributed by atoms with Gasteiger partial charge in [0.1, 0.15) is 17.3 Å². The fraction of sp³-hybridized carbons (Fsp3) is 0.267. The minimum absolute atomic E-state index is 0.0736. The fourth-order valence-corrected chi connectivity index (χ4v) is 4.69. The van der Waals surface area contributed by atoms with Crippen molar-refractivity contribution in [3.63, 3.8) is 0 Å². The number of rotatable bonds is 8. The van der Waals surface area contributed by atoms with Crippen molar-refractivity contribution in [1.29, 1.82) is 0 Å². The number of ether oxygens (including phenoxy) is 2. The van der Waals surface area contributed by atoms with Crippen molar-refractivity contribution in [3.8, 4) is 22.9 Å². The molecule has 1 fully saturated rings. The van der Waals surface area contributed by atoms with Gasteiger partial charge in [0.15, 0.2) is 0 Å². The Labute approximate surface area is 216 Å². The number of amides is 1. The number of hydrogen-bond donors (Lipinski definition) is 0. The quantitative estimate of drug-likeness (QED) is 0.292. The van der Waals surface area contributed by atoms with Crippen LogP contribution in [0.25, 0.3) is 11.3 Å². The van der Waals surface area contributed by atoms with E-state index >= 15 is 0 Å². The molecule has 7 heteroatoms. The smallest absolute Gasteiger partial charge is 0.254 e. The Balaban J connectivity index is 1.57. The lowest BCUT2D eigenvalue weighted by atomic mass is 10.1. The van der Waals surface area contributed by atoms with Crippen LogP contribution in [0.1, 0.15) is 34.3 Å². The van der Waals surface area contributed by atoms with E-state index in [1.165, 1.54) is 12.1 Å². The van der Waals surface area contributed by atoms with E-state index in [0.29, 0.717) is 30.3 Å². The maximum atomic E-state index is 14.0. The highest BCUT2D eigenvalue weighted by Gasteiger charge is 2.28. The second-order valence-corrected chi connectivity index (χ2v) is 9.37. The second-order valence-electron chi connectivity index (χ2n) is 9.37. The van der Waals surface area contributed by atoms with Crippen molar-refractivity contribution in [2.45, 2.75) is 32.4 Å². The molecule has 4 aromatic rings. The molecule has 1 aromatic heterocycles. The molecule has 0 spiro atoms. The van der Waals surface area contributed by atoms with Crippen molar-refractivity contribution in [2.24, 2.45) is 7.05 Å². The summed E-state index contributed by atoms with van der Waals surface area (Å²) in [4.78, 5) is 15.4. The molecule has 0 bridgehead atoms. The summed E-state index contributed by atoms with van der Waals surface area (Å²) in [6.45, 7) is 3.31. The highest BCUT2D eigenvalue weighted by atomic mass is 19.1. The molecule has 0 radical (unpaired) electrons. The number of nitrogens with zero attached hydrogens (tertiary/aromatic N) is 3. The molecular weight excluding hydrogens is 469 g/mol. The molecule has 1 aliphatic rings. The summed E-state index contributed by atoms with van der Waals surface area (Å²) in [6, 6.07) is 23.4. The van der Waals surface area contributed by atoms with Crippen LogP contribution in [-0.2, 0) is 18.3 Å². The van der Waals surface area contributed by atoms with Crippen LogP contribution in [-0.4, -0.2) is 39.8 Å². The minimum Gasteiger partial charge on any atom is -0.439 e. The van der Waals surface area contributed by atoms with E-state index < -0.39 is 5.82 Å². The summed E-state index contributed by atoms with van der Waals surface area (Å²) in [5, 5.41) is 4.79. The van der Waals surface area contributed by atoms with Gasteiger partial charge in [-0.25, -0.2) is 9.07 Å². The van der Waals surface area contributed by atoms with Crippen molar-refractivity contribution < 1.29 is 18.7 Å². The maximum absolute atomic E-state index is 14.0. The van der Waals surface area contributed by atoms with Crippen molar-refractivity contribution in [1.82, 2.24) is 14.7 Å². The minimum atomic E-state index is -0.447. The molecule has 0 aliphatic carbocycles. The third kappa shape index (κ3) is 5.73. The fourth-order valence-electron chi connectivity index (χ4n) is 4.69. The van der Waals surface area contributed by atoms with E-state index in [2.05, 4.69) is 0 Å². The molecule has 1 aliphatic heterocycles. The van der Waals surface area contributed by atoms with Gasteiger partial charge in [-0.05, 0) is 55.7 Å². The second kappa shape index (κ2) is 11.0. The standard InChI is InChI=1S/C30H30FN3O3/c1-21-9-6-14-25(17-21)37-30-27(28(32-33(30)2)22-10-4-3-5-11-22)20-34(19-26-15-8-16-36-26)29(35)23-12-7-13-24(31)18-23/h3-7,9-14,17-18,26H,8,15-16,19-20H2,1-2H3. The number of carbonyl (C=O) groups excluding carboxylic acids is 1. The van der Waals surface area contributed by atoms with Crippen molar-refractivity contribution in [3.05, 3.63) is 101 Å². The largest absolute Gasteiger partial charge is 0.439 e. The Bertz CT molecular complexity index is 1380. The molecule has 0 saturated carbocycles. The van der Waals surface area contributed by atoms with E-state index in [-0.39, 0.29) is 18.6 Å². The molecule has 1 atom stereocenters. The van der Waals surface area contributed by atoms with Crippen LogP contribution in [0, 0.1) is 12.7 Å². The van der Waals surface area contributed by atoms with Crippen LogP contribution >= 0.6 is 0 Å². The Kier molecular flexibility index (Phi) is 7.32. The Morgan fingerprint density at radius 3 is 2.65 bits per heavy atom. The Morgan fingerprint density at radius 2 is 1.92 bits per heavy atom. The number of aryl methyl sites for hydroxylation is 2. The highest BCUT2D eigenvalue weighted by molar-refractivity contribution is 5.94.